The lowest BCUT2D eigenvalue weighted by Crippen LogP contribution is -2.40. The minimum Gasteiger partial charge on any atom is -0.377 e. The van der Waals surface area contributed by atoms with Gasteiger partial charge >= 0.3 is 6.18 Å². The molecule has 0 aliphatic carbocycles. The van der Waals surface area contributed by atoms with E-state index in [1.54, 1.807) is 6.92 Å². The van der Waals surface area contributed by atoms with Crippen LogP contribution in [0.2, 0.25) is 0 Å². The van der Waals surface area contributed by atoms with Crippen LogP contribution >= 0.6 is 0 Å². The number of rotatable bonds is 4. The highest BCUT2D eigenvalue weighted by Gasteiger charge is 2.31. The van der Waals surface area contributed by atoms with Gasteiger partial charge in [-0.15, -0.1) is 0 Å². The van der Waals surface area contributed by atoms with Crippen LogP contribution in [0.1, 0.15) is 25.3 Å². The Hall–Kier alpha value is -1.12. The van der Waals surface area contributed by atoms with Gasteiger partial charge in [0.15, 0.2) is 0 Å². The van der Waals surface area contributed by atoms with Crippen molar-refractivity contribution >= 4 is 10.0 Å². The summed E-state index contributed by atoms with van der Waals surface area (Å²) in [5.41, 5.74) is -0.881. The first kappa shape index (κ1) is 16.3. The van der Waals surface area contributed by atoms with E-state index >= 15 is 0 Å². The highest BCUT2D eigenvalue weighted by molar-refractivity contribution is 7.89. The normalized spacial score (nSPS) is 21.4. The third kappa shape index (κ3) is 3.96. The van der Waals surface area contributed by atoms with Crippen LogP contribution in [0.4, 0.5) is 13.2 Å². The summed E-state index contributed by atoms with van der Waals surface area (Å²) in [7, 11) is -3.86. The molecule has 1 heterocycles. The average molecular weight is 323 g/mol. The molecule has 1 saturated heterocycles. The van der Waals surface area contributed by atoms with Gasteiger partial charge in [0.1, 0.15) is 0 Å². The summed E-state index contributed by atoms with van der Waals surface area (Å²) in [5, 5.41) is 0. The van der Waals surface area contributed by atoms with Crippen molar-refractivity contribution in [2.75, 3.05) is 6.61 Å². The Morgan fingerprint density at radius 1 is 1.29 bits per heavy atom. The zero-order valence-corrected chi connectivity index (χ0v) is 12.2. The molecule has 1 aromatic carbocycles. The quantitative estimate of drug-likeness (QED) is 0.926. The molecule has 1 N–H and O–H groups in total. The Bertz CT molecular complexity index is 578. The minimum atomic E-state index is -4.49. The van der Waals surface area contributed by atoms with E-state index in [2.05, 4.69) is 4.72 Å². The first-order valence-electron chi connectivity index (χ1n) is 6.51. The Balaban J connectivity index is 2.12. The fraction of sp³-hybridized carbons (Fsp3) is 0.538. The lowest BCUT2D eigenvalue weighted by atomic mass is 10.1. The van der Waals surface area contributed by atoms with Crippen LogP contribution in [-0.4, -0.2) is 27.2 Å². The first-order chi connectivity index (χ1) is 9.70. The summed E-state index contributed by atoms with van der Waals surface area (Å²) in [6.45, 7) is 2.27. The van der Waals surface area contributed by atoms with Crippen LogP contribution in [0.15, 0.2) is 29.2 Å². The van der Waals surface area contributed by atoms with Gasteiger partial charge in [0.25, 0.3) is 0 Å². The number of hydrogen-bond acceptors (Lipinski definition) is 3. The SMILES string of the molecule is CC(NS(=O)(=O)c1ccc(C(F)(F)F)cc1)C1CCCO1. The summed E-state index contributed by atoms with van der Waals surface area (Å²) in [4.78, 5) is -0.194. The van der Waals surface area contributed by atoms with Crippen molar-refractivity contribution in [1.29, 1.82) is 0 Å². The Morgan fingerprint density at radius 3 is 2.38 bits per heavy atom. The molecular weight excluding hydrogens is 307 g/mol. The summed E-state index contributed by atoms with van der Waals surface area (Å²) >= 11 is 0. The van der Waals surface area contributed by atoms with Crippen LogP contribution in [0.25, 0.3) is 0 Å². The van der Waals surface area contributed by atoms with Crippen LogP contribution in [0.3, 0.4) is 0 Å². The second-order valence-corrected chi connectivity index (χ2v) is 6.70. The number of nitrogens with one attached hydrogen (secondary N) is 1. The smallest absolute Gasteiger partial charge is 0.377 e. The van der Waals surface area contributed by atoms with E-state index in [1.807, 2.05) is 0 Å². The predicted molar refractivity (Wildman–Crippen MR) is 70.2 cm³/mol. The molecule has 0 spiro atoms. The van der Waals surface area contributed by atoms with Gasteiger partial charge in [-0.1, -0.05) is 0 Å². The zero-order valence-electron chi connectivity index (χ0n) is 11.4. The van der Waals surface area contributed by atoms with Gasteiger partial charge < -0.3 is 4.74 Å². The topological polar surface area (TPSA) is 55.4 Å². The summed E-state index contributed by atoms with van der Waals surface area (Å²) in [5.74, 6) is 0. The third-order valence-corrected chi connectivity index (χ3v) is 4.93. The number of ether oxygens (including phenoxy) is 1. The molecule has 1 aromatic rings. The van der Waals surface area contributed by atoms with Crippen molar-refractivity contribution in [3.05, 3.63) is 29.8 Å². The lowest BCUT2D eigenvalue weighted by molar-refractivity contribution is -0.137. The third-order valence-electron chi connectivity index (χ3n) is 3.36. The van der Waals surface area contributed by atoms with Gasteiger partial charge in [-0.05, 0) is 44.0 Å². The first-order valence-corrected chi connectivity index (χ1v) is 8.00. The van der Waals surface area contributed by atoms with Gasteiger partial charge in [-0.3, -0.25) is 0 Å². The standard InChI is InChI=1S/C13H16F3NO3S/c1-9(12-3-2-8-20-12)17-21(18,19)11-6-4-10(5-7-11)13(14,15)16/h4-7,9,12,17H,2-3,8H2,1H3. The van der Waals surface area contributed by atoms with Crippen LogP contribution in [0, 0.1) is 0 Å². The summed E-state index contributed by atoms with van der Waals surface area (Å²) in [6.07, 6.45) is -3.05. The molecule has 118 valence electrons. The molecular formula is C13H16F3NO3S. The lowest BCUT2D eigenvalue weighted by Gasteiger charge is -2.20. The van der Waals surface area contributed by atoms with E-state index in [9.17, 15) is 21.6 Å². The van der Waals surface area contributed by atoms with Crippen LogP contribution in [0.5, 0.6) is 0 Å². The van der Waals surface area contributed by atoms with Crippen molar-refractivity contribution in [2.24, 2.45) is 0 Å². The summed E-state index contributed by atoms with van der Waals surface area (Å²) in [6, 6.07) is 2.98. The van der Waals surface area contributed by atoms with Gasteiger partial charge in [0.05, 0.1) is 16.6 Å². The van der Waals surface area contributed by atoms with Gasteiger partial charge in [0, 0.05) is 12.6 Å². The fourth-order valence-electron chi connectivity index (χ4n) is 2.21. The van der Waals surface area contributed by atoms with Crippen molar-refractivity contribution in [1.82, 2.24) is 4.72 Å². The van der Waals surface area contributed by atoms with Gasteiger partial charge in [-0.2, -0.15) is 13.2 Å². The molecule has 1 fully saturated rings. The zero-order chi connectivity index (χ0) is 15.7. The maximum Gasteiger partial charge on any atom is 0.416 e. The molecule has 2 rings (SSSR count). The summed E-state index contributed by atoms with van der Waals surface area (Å²) < 4.78 is 69.4. The van der Waals surface area contributed by atoms with E-state index < -0.39 is 27.8 Å². The number of alkyl halides is 3. The molecule has 0 amide bonds. The Labute approximate surface area is 121 Å². The van der Waals surface area contributed by atoms with E-state index in [-0.39, 0.29) is 11.0 Å². The molecule has 0 saturated carbocycles. The van der Waals surface area contributed by atoms with Crippen molar-refractivity contribution in [3.63, 3.8) is 0 Å². The Kier molecular flexibility index (Phi) is 4.60. The molecule has 0 radical (unpaired) electrons. The van der Waals surface area contributed by atoms with E-state index in [0.717, 1.165) is 37.1 Å². The molecule has 21 heavy (non-hydrogen) atoms. The maximum absolute atomic E-state index is 12.4. The van der Waals surface area contributed by atoms with E-state index in [1.165, 1.54) is 0 Å². The molecule has 1 aliphatic heterocycles. The van der Waals surface area contributed by atoms with Gasteiger partial charge in [-0.25, -0.2) is 13.1 Å². The molecule has 8 heteroatoms. The molecule has 2 unspecified atom stereocenters. The Morgan fingerprint density at radius 2 is 1.90 bits per heavy atom. The largest absolute Gasteiger partial charge is 0.416 e. The molecule has 4 nitrogen and oxygen atoms in total. The number of hydrogen-bond donors (Lipinski definition) is 1. The van der Waals surface area contributed by atoms with E-state index in [0.29, 0.717) is 6.61 Å². The number of halogens is 3. The van der Waals surface area contributed by atoms with Crippen molar-refractivity contribution in [3.8, 4) is 0 Å². The van der Waals surface area contributed by atoms with Crippen molar-refractivity contribution < 1.29 is 26.3 Å². The van der Waals surface area contributed by atoms with Gasteiger partial charge in [0.2, 0.25) is 10.0 Å². The monoisotopic (exact) mass is 323 g/mol. The van der Waals surface area contributed by atoms with Crippen LogP contribution in [-0.2, 0) is 20.9 Å². The average Bonchev–Trinajstić information content (AvgIpc) is 2.91. The molecule has 0 bridgehead atoms. The second kappa shape index (κ2) is 5.94. The number of benzene rings is 1. The van der Waals surface area contributed by atoms with Crippen LogP contribution < -0.4 is 4.72 Å². The van der Waals surface area contributed by atoms with Crippen molar-refractivity contribution in [2.45, 2.75) is 43.0 Å². The highest BCUT2D eigenvalue weighted by atomic mass is 32.2. The fourth-order valence-corrected chi connectivity index (χ4v) is 3.48. The highest BCUT2D eigenvalue weighted by Crippen LogP contribution is 2.29. The predicted octanol–water partition coefficient (Wildman–Crippen LogP) is 2.55. The maximum atomic E-state index is 12.4. The van der Waals surface area contributed by atoms with E-state index in [4.69, 9.17) is 4.74 Å². The second-order valence-electron chi connectivity index (χ2n) is 4.98. The molecule has 0 aromatic heterocycles. The number of sulfonamides is 1. The molecule has 2 atom stereocenters. The minimum absolute atomic E-state index is 0.194. The molecule has 1 aliphatic rings.